The third kappa shape index (κ3) is 4.59. The van der Waals surface area contributed by atoms with Gasteiger partial charge in [0.2, 0.25) is 11.9 Å². The molecule has 2 amide bonds. The number of methoxy groups -OCH3 is 1. The van der Waals surface area contributed by atoms with Gasteiger partial charge in [0.25, 0.3) is 5.91 Å². The van der Waals surface area contributed by atoms with Gasteiger partial charge in [0, 0.05) is 19.9 Å². The molecule has 0 fully saturated rings. The van der Waals surface area contributed by atoms with E-state index in [4.69, 9.17) is 4.74 Å². The van der Waals surface area contributed by atoms with Crippen molar-refractivity contribution >= 4 is 11.8 Å². The van der Waals surface area contributed by atoms with E-state index < -0.39 is 29.1 Å². The highest BCUT2D eigenvalue weighted by molar-refractivity contribution is 5.96. The van der Waals surface area contributed by atoms with Crippen LogP contribution in [0, 0.1) is 11.8 Å². The van der Waals surface area contributed by atoms with Gasteiger partial charge in [-0.25, -0.2) is 9.37 Å². The van der Waals surface area contributed by atoms with Crippen molar-refractivity contribution in [3.63, 3.8) is 0 Å². The number of rotatable bonds is 6. The van der Waals surface area contributed by atoms with Gasteiger partial charge >= 0.3 is 0 Å². The second-order valence-electron chi connectivity index (χ2n) is 3.49. The second-order valence-corrected chi connectivity index (χ2v) is 3.49. The fourth-order valence-electron chi connectivity index (χ4n) is 1.20. The first-order chi connectivity index (χ1) is 9.06. The van der Waals surface area contributed by atoms with Crippen LogP contribution in [-0.2, 0) is 9.53 Å². The molecule has 0 saturated carbocycles. The minimum Gasteiger partial charge on any atom is -0.383 e. The number of carbonyl (C=O) groups excluding carboxylic acids is 2. The maximum atomic E-state index is 13.2. The van der Waals surface area contributed by atoms with E-state index in [0.717, 1.165) is 12.3 Å². The standard InChI is InChI=1S/C11H13F2N3O3/c1-19-5-4-14-8(17)6-16-11(18)7-2-3-15-10(13)9(7)12/h2-3H,4-6H2,1H3,(H,14,17)(H,16,18). The fourth-order valence-corrected chi connectivity index (χ4v) is 1.20. The lowest BCUT2D eigenvalue weighted by Gasteiger charge is -2.07. The topological polar surface area (TPSA) is 80.3 Å². The number of nitrogens with zero attached hydrogens (tertiary/aromatic N) is 1. The van der Waals surface area contributed by atoms with E-state index in [-0.39, 0.29) is 6.54 Å². The highest BCUT2D eigenvalue weighted by atomic mass is 19.2. The van der Waals surface area contributed by atoms with Gasteiger partial charge in [-0.15, -0.1) is 0 Å². The summed E-state index contributed by atoms with van der Waals surface area (Å²) in [6, 6.07) is 1.02. The van der Waals surface area contributed by atoms with Gasteiger partial charge in [0.1, 0.15) is 0 Å². The predicted molar refractivity (Wildman–Crippen MR) is 61.4 cm³/mol. The molecule has 0 aliphatic rings. The largest absolute Gasteiger partial charge is 0.383 e. The van der Waals surface area contributed by atoms with Gasteiger partial charge in [-0.2, -0.15) is 4.39 Å². The molecular formula is C11H13F2N3O3. The Hall–Kier alpha value is -2.09. The molecule has 1 aromatic heterocycles. The maximum Gasteiger partial charge on any atom is 0.254 e. The molecule has 1 heterocycles. The van der Waals surface area contributed by atoms with E-state index in [1.807, 2.05) is 0 Å². The zero-order chi connectivity index (χ0) is 14.3. The first-order valence-corrected chi connectivity index (χ1v) is 5.40. The summed E-state index contributed by atoms with van der Waals surface area (Å²) in [5, 5.41) is 4.63. The normalized spacial score (nSPS) is 10.1. The molecular weight excluding hydrogens is 260 g/mol. The molecule has 0 unspecified atom stereocenters. The fraction of sp³-hybridized carbons (Fsp3) is 0.364. The molecule has 19 heavy (non-hydrogen) atoms. The van der Waals surface area contributed by atoms with Crippen molar-refractivity contribution in [1.29, 1.82) is 0 Å². The molecule has 0 saturated heterocycles. The van der Waals surface area contributed by atoms with E-state index in [1.165, 1.54) is 7.11 Å². The summed E-state index contributed by atoms with van der Waals surface area (Å²) < 4.78 is 30.7. The number of aromatic nitrogens is 1. The molecule has 104 valence electrons. The number of halogens is 2. The highest BCUT2D eigenvalue weighted by Gasteiger charge is 2.16. The Labute approximate surface area is 108 Å². The Bertz CT molecular complexity index is 468. The molecule has 2 N–H and O–H groups in total. The quantitative estimate of drug-likeness (QED) is 0.558. The van der Waals surface area contributed by atoms with Crippen LogP contribution in [0.4, 0.5) is 8.78 Å². The smallest absolute Gasteiger partial charge is 0.254 e. The van der Waals surface area contributed by atoms with E-state index in [1.54, 1.807) is 0 Å². The second kappa shape index (κ2) is 7.37. The average molecular weight is 273 g/mol. The highest BCUT2D eigenvalue weighted by Crippen LogP contribution is 2.08. The number of hydrogen-bond donors (Lipinski definition) is 2. The Kier molecular flexibility index (Phi) is 5.80. The lowest BCUT2D eigenvalue weighted by molar-refractivity contribution is -0.120. The summed E-state index contributed by atoms with van der Waals surface area (Å²) >= 11 is 0. The van der Waals surface area contributed by atoms with Crippen LogP contribution in [0.2, 0.25) is 0 Å². The number of ether oxygens (including phenoxy) is 1. The molecule has 0 aliphatic heterocycles. The van der Waals surface area contributed by atoms with Crippen LogP contribution in [0.25, 0.3) is 0 Å². The monoisotopic (exact) mass is 273 g/mol. The van der Waals surface area contributed by atoms with Crippen molar-refractivity contribution in [2.45, 2.75) is 0 Å². The minimum absolute atomic E-state index is 0.295. The molecule has 6 nitrogen and oxygen atoms in total. The third-order valence-electron chi connectivity index (χ3n) is 2.13. The first-order valence-electron chi connectivity index (χ1n) is 5.40. The van der Waals surface area contributed by atoms with E-state index in [9.17, 15) is 18.4 Å². The zero-order valence-corrected chi connectivity index (χ0v) is 10.2. The summed E-state index contributed by atoms with van der Waals surface area (Å²) in [5.74, 6) is -4.06. The van der Waals surface area contributed by atoms with Gasteiger partial charge in [-0.3, -0.25) is 9.59 Å². The van der Waals surface area contributed by atoms with Gasteiger partial charge in [-0.1, -0.05) is 0 Å². The Morgan fingerprint density at radius 2 is 2.11 bits per heavy atom. The van der Waals surface area contributed by atoms with Crippen LogP contribution < -0.4 is 10.6 Å². The Morgan fingerprint density at radius 3 is 2.79 bits per heavy atom. The lowest BCUT2D eigenvalue weighted by Crippen LogP contribution is -2.38. The van der Waals surface area contributed by atoms with Crippen LogP contribution in [0.3, 0.4) is 0 Å². The lowest BCUT2D eigenvalue weighted by atomic mass is 10.2. The number of carbonyl (C=O) groups is 2. The SMILES string of the molecule is COCCNC(=O)CNC(=O)c1ccnc(F)c1F. The predicted octanol–water partition coefficient (Wildman–Crippen LogP) is -0.148. The summed E-state index contributed by atoms with van der Waals surface area (Å²) in [6.45, 7) is 0.291. The van der Waals surface area contributed by atoms with Crippen molar-refractivity contribution in [1.82, 2.24) is 15.6 Å². The molecule has 0 radical (unpaired) electrons. The maximum absolute atomic E-state index is 13.2. The zero-order valence-electron chi connectivity index (χ0n) is 10.2. The van der Waals surface area contributed by atoms with E-state index in [0.29, 0.717) is 13.2 Å². The van der Waals surface area contributed by atoms with Crippen LogP contribution in [-0.4, -0.2) is 43.6 Å². The molecule has 0 atom stereocenters. The van der Waals surface area contributed by atoms with Gasteiger partial charge in [0.15, 0.2) is 5.82 Å². The first kappa shape index (κ1) is 15.0. The Balaban J connectivity index is 2.47. The number of amides is 2. The van der Waals surface area contributed by atoms with Crippen molar-refractivity contribution < 1.29 is 23.1 Å². The third-order valence-corrected chi connectivity index (χ3v) is 2.13. The number of pyridine rings is 1. The molecule has 8 heteroatoms. The average Bonchev–Trinajstić information content (AvgIpc) is 2.39. The van der Waals surface area contributed by atoms with Crippen molar-refractivity contribution in [3.8, 4) is 0 Å². The Morgan fingerprint density at radius 1 is 1.37 bits per heavy atom. The molecule has 1 rings (SSSR count). The van der Waals surface area contributed by atoms with Crippen molar-refractivity contribution in [2.75, 3.05) is 26.8 Å². The van der Waals surface area contributed by atoms with Crippen molar-refractivity contribution in [3.05, 3.63) is 29.6 Å². The summed E-state index contributed by atoms with van der Waals surface area (Å²) in [7, 11) is 1.48. The molecule has 0 spiro atoms. The van der Waals surface area contributed by atoms with Crippen LogP contribution in [0.15, 0.2) is 12.3 Å². The molecule has 0 aliphatic carbocycles. The molecule has 0 bridgehead atoms. The van der Waals surface area contributed by atoms with Crippen LogP contribution in [0.1, 0.15) is 10.4 Å². The summed E-state index contributed by atoms with van der Waals surface area (Å²) in [4.78, 5) is 25.8. The van der Waals surface area contributed by atoms with Gasteiger partial charge in [-0.05, 0) is 6.07 Å². The summed E-state index contributed by atoms with van der Waals surface area (Å²) in [5.41, 5.74) is -0.503. The molecule has 0 aromatic carbocycles. The molecule has 1 aromatic rings. The van der Waals surface area contributed by atoms with Crippen molar-refractivity contribution in [2.24, 2.45) is 0 Å². The number of hydrogen-bond acceptors (Lipinski definition) is 4. The van der Waals surface area contributed by atoms with Gasteiger partial charge in [0.05, 0.1) is 18.7 Å². The van der Waals surface area contributed by atoms with Crippen LogP contribution in [0.5, 0.6) is 0 Å². The minimum atomic E-state index is -1.36. The van der Waals surface area contributed by atoms with Gasteiger partial charge < -0.3 is 15.4 Å². The summed E-state index contributed by atoms with van der Waals surface area (Å²) in [6.07, 6.45) is 0.964. The number of nitrogens with one attached hydrogen (secondary N) is 2. The van der Waals surface area contributed by atoms with E-state index >= 15 is 0 Å². The van der Waals surface area contributed by atoms with Crippen LogP contribution >= 0.6 is 0 Å². The van der Waals surface area contributed by atoms with E-state index in [2.05, 4.69) is 15.6 Å².